The Morgan fingerprint density at radius 1 is 1.15 bits per heavy atom. The highest BCUT2D eigenvalue weighted by atomic mass is 32.2. The van der Waals surface area contributed by atoms with E-state index in [9.17, 15) is 13.2 Å². The first-order valence-corrected chi connectivity index (χ1v) is 10.6. The Bertz CT molecular complexity index is 879. The number of nitrogens with one attached hydrogen (secondary N) is 1. The normalized spacial score (nSPS) is 14.0. The maximum atomic E-state index is 12.3. The number of hydrogen-bond donors (Lipinski definition) is 1. The summed E-state index contributed by atoms with van der Waals surface area (Å²) in [4.78, 5) is 12.2. The minimum atomic E-state index is -3.31. The van der Waals surface area contributed by atoms with Crippen molar-refractivity contribution in [3.05, 3.63) is 59.7 Å². The molecule has 0 spiro atoms. The fourth-order valence-electron chi connectivity index (χ4n) is 3.19. The van der Waals surface area contributed by atoms with Gasteiger partial charge in [0.25, 0.3) is 0 Å². The lowest BCUT2D eigenvalue weighted by molar-refractivity contribution is -0.116. The summed E-state index contributed by atoms with van der Waals surface area (Å²) in [6, 6.07) is 15.4. The molecule has 2 aromatic carbocycles. The summed E-state index contributed by atoms with van der Waals surface area (Å²) in [5.74, 6) is -0.00498. The van der Waals surface area contributed by atoms with Gasteiger partial charge >= 0.3 is 0 Å². The number of benzene rings is 2. The van der Waals surface area contributed by atoms with Gasteiger partial charge in [0.2, 0.25) is 15.9 Å². The van der Waals surface area contributed by atoms with Gasteiger partial charge in [-0.25, -0.2) is 8.42 Å². The van der Waals surface area contributed by atoms with Gasteiger partial charge in [0.15, 0.2) is 0 Å². The molecule has 1 aliphatic rings. The number of rotatable bonds is 6. The molecule has 0 atom stereocenters. The largest absolute Gasteiger partial charge is 0.326 e. The molecular weight excluding hydrogens is 348 g/mol. The number of nitrogens with zero attached hydrogens (tertiary/aromatic N) is 1. The van der Waals surface area contributed by atoms with Gasteiger partial charge in [0.05, 0.1) is 11.4 Å². The van der Waals surface area contributed by atoms with Gasteiger partial charge in [-0.3, -0.25) is 9.10 Å². The van der Waals surface area contributed by atoms with E-state index in [-0.39, 0.29) is 11.7 Å². The lowest BCUT2D eigenvalue weighted by Gasteiger charge is -2.30. The maximum Gasteiger partial charge on any atom is 0.234 e. The first kappa shape index (κ1) is 18.5. The van der Waals surface area contributed by atoms with E-state index in [1.807, 2.05) is 42.5 Å². The first-order valence-electron chi connectivity index (χ1n) is 8.97. The van der Waals surface area contributed by atoms with Gasteiger partial charge in [-0.1, -0.05) is 36.4 Å². The number of amides is 1. The molecule has 0 unspecified atom stereocenters. The molecule has 3 rings (SSSR count). The molecule has 6 heteroatoms. The first-order chi connectivity index (χ1) is 12.5. The van der Waals surface area contributed by atoms with E-state index < -0.39 is 10.0 Å². The monoisotopic (exact) mass is 372 g/mol. The summed E-state index contributed by atoms with van der Waals surface area (Å²) < 4.78 is 26.2. The second-order valence-electron chi connectivity index (χ2n) is 6.45. The Labute approximate surface area is 155 Å². The van der Waals surface area contributed by atoms with Crippen molar-refractivity contribution in [1.82, 2.24) is 0 Å². The molecule has 138 valence electrons. The minimum Gasteiger partial charge on any atom is -0.326 e. The van der Waals surface area contributed by atoms with Crippen molar-refractivity contribution < 1.29 is 13.2 Å². The molecule has 0 saturated carbocycles. The van der Waals surface area contributed by atoms with Crippen LogP contribution in [0.25, 0.3) is 0 Å². The van der Waals surface area contributed by atoms with E-state index in [0.717, 1.165) is 24.0 Å². The molecule has 0 radical (unpaired) electrons. The van der Waals surface area contributed by atoms with E-state index >= 15 is 0 Å². The Morgan fingerprint density at radius 2 is 1.92 bits per heavy atom. The molecule has 1 amide bonds. The van der Waals surface area contributed by atoms with Gasteiger partial charge in [-0.2, -0.15) is 0 Å². The summed E-state index contributed by atoms with van der Waals surface area (Å²) in [5, 5.41) is 2.89. The number of hydrogen-bond acceptors (Lipinski definition) is 3. The summed E-state index contributed by atoms with van der Waals surface area (Å²) in [6.45, 7) is 2.15. The zero-order valence-corrected chi connectivity index (χ0v) is 15.8. The van der Waals surface area contributed by atoms with E-state index in [1.54, 1.807) is 13.0 Å². The van der Waals surface area contributed by atoms with Gasteiger partial charge < -0.3 is 5.32 Å². The third-order valence-corrected chi connectivity index (χ3v) is 6.41. The maximum absolute atomic E-state index is 12.3. The zero-order valence-electron chi connectivity index (χ0n) is 14.9. The van der Waals surface area contributed by atoms with E-state index in [4.69, 9.17) is 0 Å². The van der Waals surface area contributed by atoms with Crippen LogP contribution in [0, 0.1) is 0 Å². The van der Waals surface area contributed by atoms with E-state index in [2.05, 4.69) is 5.32 Å². The third kappa shape index (κ3) is 4.25. The topological polar surface area (TPSA) is 66.5 Å². The highest BCUT2D eigenvalue weighted by Crippen LogP contribution is 2.32. The van der Waals surface area contributed by atoms with E-state index in [0.29, 0.717) is 30.8 Å². The fourth-order valence-corrected chi connectivity index (χ4v) is 4.38. The molecule has 5 nitrogen and oxygen atoms in total. The van der Waals surface area contributed by atoms with Gasteiger partial charge in [-0.05, 0) is 49.4 Å². The van der Waals surface area contributed by atoms with Crippen LogP contribution in [-0.2, 0) is 27.7 Å². The van der Waals surface area contributed by atoms with Crippen LogP contribution >= 0.6 is 0 Å². The van der Waals surface area contributed by atoms with Gasteiger partial charge in [0, 0.05) is 18.7 Å². The average Bonchev–Trinajstić information content (AvgIpc) is 2.66. The van der Waals surface area contributed by atoms with Crippen LogP contribution < -0.4 is 9.62 Å². The highest BCUT2D eigenvalue weighted by Gasteiger charge is 2.26. The predicted molar refractivity (Wildman–Crippen MR) is 105 cm³/mol. The van der Waals surface area contributed by atoms with Crippen LogP contribution in [0.15, 0.2) is 48.5 Å². The summed E-state index contributed by atoms with van der Waals surface area (Å²) in [5.41, 5.74) is 3.46. The summed E-state index contributed by atoms with van der Waals surface area (Å²) in [7, 11) is -3.31. The van der Waals surface area contributed by atoms with Crippen molar-refractivity contribution in [2.75, 3.05) is 21.9 Å². The van der Waals surface area contributed by atoms with Crippen molar-refractivity contribution in [3.63, 3.8) is 0 Å². The van der Waals surface area contributed by atoms with Crippen LogP contribution in [-0.4, -0.2) is 26.6 Å². The molecule has 26 heavy (non-hydrogen) atoms. The number of carbonyl (C=O) groups is 1. The average molecular weight is 372 g/mol. The number of carbonyl (C=O) groups excluding carboxylic acids is 1. The number of anilines is 2. The fraction of sp³-hybridized carbons (Fsp3) is 0.350. The zero-order chi connectivity index (χ0) is 18.6. The second-order valence-corrected chi connectivity index (χ2v) is 8.64. The van der Waals surface area contributed by atoms with Crippen molar-refractivity contribution in [2.45, 2.75) is 32.6 Å². The molecule has 1 heterocycles. The Hall–Kier alpha value is -2.34. The molecule has 0 aromatic heterocycles. The Kier molecular flexibility index (Phi) is 5.61. The molecule has 2 aromatic rings. The van der Waals surface area contributed by atoms with Crippen LogP contribution in [0.3, 0.4) is 0 Å². The minimum absolute atomic E-state index is 0.0695. The van der Waals surface area contributed by atoms with Crippen molar-refractivity contribution >= 4 is 27.3 Å². The number of sulfonamides is 1. The Morgan fingerprint density at radius 3 is 2.65 bits per heavy atom. The predicted octanol–water partition coefficient (Wildman–Crippen LogP) is 3.36. The van der Waals surface area contributed by atoms with Crippen LogP contribution in [0.2, 0.25) is 0 Å². The Balaban J connectivity index is 1.71. The molecule has 0 saturated heterocycles. The van der Waals surface area contributed by atoms with Gasteiger partial charge in [-0.15, -0.1) is 0 Å². The standard InChI is InChI=1S/C20H24N2O3S/c1-2-26(24,25)22-14-6-9-17-11-12-18(15-19(17)22)21-20(23)13-10-16-7-4-3-5-8-16/h3-5,7-8,11-12,15H,2,6,9-10,13-14H2,1H3,(H,21,23). The number of aryl methyl sites for hydroxylation is 2. The molecular formula is C20H24N2O3S. The smallest absolute Gasteiger partial charge is 0.234 e. The van der Waals surface area contributed by atoms with Crippen LogP contribution in [0.4, 0.5) is 11.4 Å². The molecule has 1 N–H and O–H groups in total. The lowest BCUT2D eigenvalue weighted by Crippen LogP contribution is -2.36. The van der Waals surface area contributed by atoms with Crippen molar-refractivity contribution in [1.29, 1.82) is 0 Å². The molecule has 1 aliphatic heterocycles. The molecule has 0 fully saturated rings. The summed E-state index contributed by atoms with van der Waals surface area (Å²) in [6.07, 6.45) is 2.73. The highest BCUT2D eigenvalue weighted by molar-refractivity contribution is 7.92. The second kappa shape index (κ2) is 7.91. The van der Waals surface area contributed by atoms with Crippen LogP contribution in [0.5, 0.6) is 0 Å². The van der Waals surface area contributed by atoms with Crippen molar-refractivity contribution in [3.8, 4) is 0 Å². The quantitative estimate of drug-likeness (QED) is 0.845. The SMILES string of the molecule is CCS(=O)(=O)N1CCCc2ccc(NC(=O)CCc3ccccc3)cc21. The third-order valence-electron chi connectivity index (χ3n) is 4.63. The summed E-state index contributed by atoms with van der Waals surface area (Å²) >= 11 is 0. The van der Waals surface area contributed by atoms with Gasteiger partial charge in [0.1, 0.15) is 0 Å². The van der Waals surface area contributed by atoms with Crippen molar-refractivity contribution in [2.24, 2.45) is 0 Å². The van der Waals surface area contributed by atoms with E-state index in [1.165, 1.54) is 4.31 Å². The molecule has 0 bridgehead atoms. The van der Waals surface area contributed by atoms with Crippen LogP contribution in [0.1, 0.15) is 30.9 Å². The number of fused-ring (bicyclic) bond motifs is 1. The lowest BCUT2D eigenvalue weighted by atomic mass is 10.0. The molecule has 0 aliphatic carbocycles.